The third-order valence-corrected chi connectivity index (χ3v) is 7.01. The van der Waals surface area contributed by atoms with Crippen LogP contribution in [0.5, 0.6) is 0 Å². The van der Waals surface area contributed by atoms with Crippen molar-refractivity contribution in [1.82, 2.24) is 35.0 Å². The summed E-state index contributed by atoms with van der Waals surface area (Å²) < 4.78 is 1.91. The van der Waals surface area contributed by atoms with Crippen molar-refractivity contribution in [1.29, 1.82) is 0 Å². The van der Waals surface area contributed by atoms with Crippen LogP contribution in [0, 0.1) is 13.8 Å². The first-order valence-electron chi connectivity index (χ1n) is 11.6. The van der Waals surface area contributed by atoms with Crippen LogP contribution in [0.3, 0.4) is 0 Å². The normalized spacial score (nSPS) is 17.2. The fourth-order valence-corrected chi connectivity index (χ4v) is 4.69. The van der Waals surface area contributed by atoms with Crippen LogP contribution in [-0.4, -0.2) is 67.7 Å². The first kappa shape index (κ1) is 22.6. The number of hydrogen-bond acceptors (Lipinski definition) is 6. The number of rotatable bonds is 6. The molecular formula is C24H35N7O. The lowest BCUT2D eigenvalue weighted by Crippen LogP contribution is -2.49. The standard InChI is InChI=1S/C24H35N7O/c1-7-24(5,6)31-22(26-27-28-31)21(30-11-9-29(8-2)10-12-30)19-15-18-14-16(3)13-17(4)20(18)25-23(19)32/h13-15,21H,7-12H2,1-6H3,(H,25,32)/t21-/m0/s1. The van der Waals surface area contributed by atoms with Gasteiger partial charge in [-0.1, -0.05) is 25.5 Å². The number of piperazine rings is 1. The molecule has 3 aromatic rings. The minimum absolute atomic E-state index is 0.0729. The van der Waals surface area contributed by atoms with E-state index in [1.165, 1.54) is 5.56 Å². The minimum atomic E-state index is -0.302. The summed E-state index contributed by atoms with van der Waals surface area (Å²) in [5, 5.41) is 13.9. The average molecular weight is 438 g/mol. The zero-order valence-electron chi connectivity index (χ0n) is 20.1. The van der Waals surface area contributed by atoms with Gasteiger partial charge in [0.2, 0.25) is 0 Å². The van der Waals surface area contributed by atoms with Crippen LogP contribution < -0.4 is 5.56 Å². The molecule has 172 valence electrons. The van der Waals surface area contributed by atoms with Crippen LogP contribution in [0.15, 0.2) is 23.0 Å². The number of aryl methyl sites for hydroxylation is 2. The fourth-order valence-electron chi connectivity index (χ4n) is 4.69. The van der Waals surface area contributed by atoms with Gasteiger partial charge in [0.1, 0.15) is 6.04 Å². The summed E-state index contributed by atoms with van der Waals surface area (Å²) in [5.41, 5.74) is 3.53. The number of likely N-dealkylation sites (N-methyl/N-ethyl adjacent to an activating group) is 1. The first-order valence-corrected chi connectivity index (χ1v) is 11.6. The number of aromatic amines is 1. The van der Waals surface area contributed by atoms with E-state index in [2.05, 4.69) is 77.1 Å². The van der Waals surface area contributed by atoms with E-state index >= 15 is 0 Å². The van der Waals surface area contributed by atoms with E-state index < -0.39 is 0 Å². The zero-order valence-corrected chi connectivity index (χ0v) is 20.1. The Morgan fingerprint density at radius 3 is 2.47 bits per heavy atom. The highest BCUT2D eigenvalue weighted by molar-refractivity contribution is 5.83. The summed E-state index contributed by atoms with van der Waals surface area (Å²) in [6.07, 6.45) is 0.883. The zero-order chi connectivity index (χ0) is 23.0. The maximum atomic E-state index is 13.4. The fraction of sp³-hybridized carbons (Fsp3) is 0.583. The van der Waals surface area contributed by atoms with E-state index in [-0.39, 0.29) is 17.1 Å². The Labute approximate surface area is 189 Å². The molecule has 8 nitrogen and oxygen atoms in total. The number of hydrogen-bond donors (Lipinski definition) is 1. The van der Waals surface area contributed by atoms with Crippen molar-refractivity contribution < 1.29 is 0 Å². The topological polar surface area (TPSA) is 82.9 Å². The number of H-pyrrole nitrogens is 1. The van der Waals surface area contributed by atoms with Gasteiger partial charge < -0.3 is 9.88 Å². The second-order valence-electron chi connectivity index (χ2n) is 9.59. The highest BCUT2D eigenvalue weighted by Gasteiger charge is 2.35. The molecule has 0 bridgehead atoms. The Hall–Kier alpha value is -2.58. The van der Waals surface area contributed by atoms with Crippen LogP contribution in [0.25, 0.3) is 10.9 Å². The SMILES string of the molecule is CCN1CCN([C@@H](c2cc3cc(C)cc(C)c3[nH]c2=O)c2nnnn2C(C)(C)CC)CC1. The molecule has 8 heteroatoms. The molecule has 1 fully saturated rings. The molecule has 1 aromatic carbocycles. The largest absolute Gasteiger partial charge is 0.321 e. The second kappa shape index (κ2) is 8.75. The lowest BCUT2D eigenvalue weighted by atomic mass is 9.98. The Bertz CT molecular complexity index is 1150. The minimum Gasteiger partial charge on any atom is -0.321 e. The molecule has 0 aliphatic carbocycles. The van der Waals surface area contributed by atoms with Crippen LogP contribution in [0.1, 0.15) is 62.7 Å². The molecule has 1 N–H and O–H groups in total. The van der Waals surface area contributed by atoms with Gasteiger partial charge in [0.25, 0.3) is 5.56 Å². The van der Waals surface area contributed by atoms with Crippen molar-refractivity contribution in [2.24, 2.45) is 0 Å². The Morgan fingerprint density at radius 1 is 1.09 bits per heavy atom. The van der Waals surface area contributed by atoms with E-state index in [1.807, 2.05) is 17.7 Å². The molecule has 32 heavy (non-hydrogen) atoms. The lowest BCUT2D eigenvalue weighted by molar-refractivity contribution is 0.105. The molecule has 0 amide bonds. The van der Waals surface area contributed by atoms with Gasteiger partial charge in [-0.15, -0.1) is 5.10 Å². The number of benzene rings is 1. The summed E-state index contributed by atoms with van der Waals surface area (Å²) in [7, 11) is 0. The van der Waals surface area contributed by atoms with Crippen molar-refractivity contribution in [3.63, 3.8) is 0 Å². The van der Waals surface area contributed by atoms with E-state index in [4.69, 9.17) is 0 Å². The smallest absolute Gasteiger partial charge is 0.253 e. The maximum absolute atomic E-state index is 13.4. The maximum Gasteiger partial charge on any atom is 0.253 e. The van der Waals surface area contributed by atoms with E-state index in [0.29, 0.717) is 5.56 Å². The third-order valence-electron chi connectivity index (χ3n) is 7.01. The molecule has 1 aliphatic rings. The van der Waals surface area contributed by atoms with Gasteiger partial charge in [-0.25, -0.2) is 4.68 Å². The van der Waals surface area contributed by atoms with Crippen molar-refractivity contribution in [2.75, 3.05) is 32.7 Å². The molecule has 2 aromatic heterocycles. The van der Waals surface area contributed by atoms with Crippen LogP contribution >= 0.6 is 0 Å². The van der Waals surface area contributed by atoms with Crippen LogP contribution in [0.4, 0.5) is 0 Å². The summed E-state index contributed by atoms with van der Waals surface area (Å²) in [5.74, 6) is 0.732. The van der Waals surface area contributed by atoms with Crippen LogP contribution in [-0.2, 0) is 5.54 Å². The third kappa shape index (κ3) is 4.09. The van der Waals surface area contributed by atoms with Gasteiger partial charge >= 0.3 is 0 Å². The predicted molar refractivity (Wildman–Crippen MR) is 127 cm³/mol. The first-order chi connectivity index (χ1) is 15.2. The summed E-state index contributed by atoms with van der Waals surface area (Å²) in [4.78, 5) is 21.4. The molecule has 4 rings (SSSR count). The van der Waals surface area contributed by atoms with E-state index in [1.54, 1.807) is 0 Å². The molecule has 0 unspecified atom stereocenters. The van der Waals surface area contributed by atoms with Gasteiger partial charge in [-0.3, -0.25) is 9.69 Å². The highest BCUT2D eigenvalue weighted by atomic mass is 16.1. The summed E-state index contributed by atoms with van der Waals surface area (Å²) in [6.45, 7) is 17.4. The molecule has 0 radical (unpaired) electrons. The number of aromatic nitrogens is 5. The van der Waals surface area contributed by atoms with Crippen molar-refractivity contribution in [3.05, 3.63) is 51.1 Å². The van der Waals surface area contributed by atoms with Crippen molar-refractivity contribution in [3.8, 4) is 0 Å². The van der Waals surface area contributed by atoms with E-state index in [9.17, 15) is 4.79 Å². The predicted octanol–water partition coefficient (Wildman–Crippen LogP) is 3.00. The van der Waals surface area contributed by atoms with Crippen molar-refractivity contribution >= 4 is 10.9 Å². The number of nitrogens with zero attached hydrogens (tertiary/aromatic N) is 6. The molecule has 1 saturated heterocycles. The van der Waals surface area contributed by atoms with Gasteiger partial charge in [0, 0.05) is 31.7 Å². The van der Waals surface area contributed by atoms with E-state index in [0.717, 1.165) is 61.4 Å². The molecule has 1 atom stereocenters. The van der Waals surface area contributed by atoms with Gasteiger partial charge in [-0.05, 0) is 74.2 Å². The molecule has 0 saturated carbocycles. The quantitative estimate of drug-likeness (QED) is 0.638. The molecule has 0 spiro atoms. The number of pyridine rings is 1. The number of tetrazole rings is 1. The monoisotopic (exact) mass is 437 g/mol. The second-order valence-corrected chi connectivity index (χ2v) is 9.59. The van der Waals surface area contributed by atoms with Gasteiger partial charge in [0.15, 0.2) is 5.82 Å². The Morgan fingerprint density at radius 2 is 1.81 bits per heavy atom. The Balaban J connectivity index is 1.89. The highest BCUT2D eigenvalue weighted by Crippen LogP contribution is 2.31. The number of fused-ring (bicyclic) bond motifs is 1. The number of nitrogens with one attached hydrogen (secondary N) is 1. The Kier molecular flexibility index (Phi) is 6.18. The molecule has 1 aliphatic heterocycles. The summed E-state index contributed by atoms with van der Waals surface area (Å²) >= 11 is 0. The summed E-state index contributed by atoms with van der Waals surface area (Å²) in [6, 6.07) is 5.98. The van der Waals surface area contributed by atoms with Crippen LogP contribution in [0.2, 0.25) is 0 Å². The molecular weight excluding hydrogens is 402 g/mol. The average Bonchev–Trinajstić information content (AvgIpc) is 3.26. The van der Waals surface area contributed by atoms with Gasteiger partial charge in [0.05, 0.1) is 11.1 Å². The van der Waals surface area contributed by atoms with Gasteiger partial charge in [-0.2, -0.15) is 0 Å². The van der Waals surface area contributed by atoms with Crippen molar-refractivity contribution in [2.45, 2.75) is 59.5 Å². The lowest BCUT2D eigenvalue weighted by Gasteiger charge is -2.39. The molecule has 3 heterocycles.